The molecule has 218 valence electrons. The molecule has 0 saturated heterocycles. The molecule has 0 saturated carbocycles. The van der Waals surface area contributed by atoms with E-state index in [1.165, 1.54) is 4.57 Å². The smallest absolute Gasteiger partial charge is 0.332 e. The number of nitrogens with one attached hydrogen (secondary N) is 1. The van der Waals surface area contributed by atoms with E-state index in [0.29, 0.717) is 54.0 Å². The minimum atomic E-state index is -0.349. The van der Waals surface area contributed by atoms with Gasteiger partial charge >= 0.3 is 5.69 Å². The number of aromatic amines is 1. The van der Waals surface area contributed by atoms with Gasteiger partial charge < -0.3 is 14.2 Å². The van der Waals surface area contributed by atoms with Crippen LogP contribution in [0.5, 0.6) is 5.75 Å². The molecular formula is C31H40N6O4. The van der Waals surface area contributed by atoms with Crippen molar-refractivity contribution in [2.24, 2.45) is 0 Å². The van der Waals surface area contributed by atoms with Crippen LogP contribution in [0.2, 0.25) is 0 Å². The number of benzene rings is 2. The van der Waals surface area contributed by atoms with Gasteiger partial charge in [0.15, 0.2) is 12.3 Å². The number of rotatable bonds is 9. The zero-order valence-electron chi connectivity index (χ0n) is 25.0. The van der Waals surface area contributed by atoms with E-state index in [4.69, 9.17) is 9.26 Å². The van der Waals surface area contributed by atoms with Crippen molar-refractivity contribution in [1.29, 1.82) is 0 Å². The van der Waals surface area contributed by atoms with Gasteiger partial charge in [0, 0.05) is 24.2 Å². The van der Waals surface area contributed by atoms with Crippen molar-refractivity contribution >= 4 is 11.2 Å². The van der Waals surface area contributed by atoms with Crippen LogP contribution < -0.4 is 16.0 Å². The number of nitrogens with zero attached hydrogens (tertiary/aromatic N) is 5. The summed E-state index contributed by atoms with van der Waals surface area (Å²) in [6.07, 6.45) is 1.44. The molecule has 10 heteroatoms. The predicted molar refractivity (Wildman–Crippen MR) is 162 cm³/mol. The van der Waals surface area contributed by atoms with Crippen molar-refractivity contribution in [3.63, 3.8) is 0 Å². The fourth-order valence-corrected chi connectivity index (χ4v) is 4.24. The SMILES string of the molecule is CC.CC.CCCn1c(=O)c2[nH]c(-c3ccc(OCc4noc(-c5ccccc5C)n4)cc3)nc2n(CCC)c1=O. The molecule has 0 spiro atoms. The Labute approximate surface area is 240 Å². The lowest BCUT2D eigenvalue weighted by Gasteiger charge is -2.09. The van der Waals surface area contributed by atoms with E-state index >= 15 is 0 Å². The highest BCUT2D eigenvalue weighted by Crippen LogP contribution is 2.24. The second-order valence-electron chi connectivity index (χ2n) is 8.82. The first-order valence-corrected chi connectivity index (χ1v) is 14.3. The van der Waals surface area contributed by atoms with E-state index in [-0.39, 0.29) is 17.9 Å². The van der Waals surface area contributed by atoms with Crippen LogP contribution in [0.3, 0.4) is 0 Å². The van der Waals surface area contributed by atoms with Crippen LogP contribution >= 0.6 is 0 Å². The normalized spacial score (nSPS) is 10.5. The number of aromatic nitrogens is 6. The second-order valence-corrected chi connectivity index (χ2v) is 8.82. The molecule has 0 atom stereocenters. The van der Waals surface area contributed by atoms with Crippen LogP contribution in [0.25, 0.3) is 34.0 Å². The second kappa shape index (κ2) is 14.8. The molecule has 0 amide bonds. The molecule has 5 aromatic rings. The van der Waals surface area contributed by atoms with Gasteiger partial charge in [0.25, 0.3) is 11.4 Å². The third-order valence-electron chi connectivity index (χ3n) is 6.09. The molecule has 0 aliphatic heterocycles. The Morgan fingerprint density at radius 1 is 0.878 bits per heavy atom. The summed E-state index contributed by atoms with van der Waals surface area (Å²) in [6, 6.07) is 15.1. The van der Waals surface area contributed by atoms with E-state index in [1.807, 2.05) is 84.9 Å². The first-order valence-electron chi connectivity index (χ1n) is 14.3. The minimum Gasteiger partial charge on any atom is -0.485 e. The number of hydrogen-bond acceptors (Lipinski definition) is 7. The number of aryl methyl sites for hydroxylation is 2. The third kappa shape index (κ3) is 6.82. The first-order chi connectivity index (χ1) is 20.0. The van der Waals surface area contributed by atoms with E-state index in [0.717, 1.165) is 23.1 Å². The average molecular weight is 561 g/mol. The predicted octanol–water partition coefficient (Wildman–Crippen LogP) is 6.36. The topological polar surface area (TPSA) is 121 Å². The van der Waals surface area contributed by atoms with Crippen molar-refractivity contribution in [3.05, 3.63) is 80.8 Å². The maximum absolute atomic E-state index is 13.0. The molecule has 0 bridgehead atoms. The largest absolute Gasteiger partial charge is 0.485 e. The monoisotopic (exact) mass is 560 g/mol. The van der Waals surface area contributed by atoms with Gasteiger partial charge in [-0.25, -0.2) is 9.78 Å². The maximum atomic E-state index is 13.0. The highest BCUT2D eigenvalue weighted by atomic mass is 16.5. The number of ether oxygens (including phenoxy) is 1. The van der Waals surface area contributed by atoms with Crippen molar-refractivity contribution in [3.8, 4) is 28.6 Å². The quantitative estimate of drug-likeness (QED) is 0.223. The molecule has 0 unspecified atom stereocenters. The molecule has 41 heavy (non-hydrogen) atoms. The summed E-state index contributed by atoms with van der Waals surface area (Å²) in [7, 11) is 0. The van der Waals surface area contributed by atoms with Crippen LogP contribution in [0.15, 0.2) is 62.6 Å². The lowest BCUT2D eigenvalue weighted by molar-refractivity contribution is 0.287. The molecule has 10 nitrogen and oxygen atoms in total. The van der Waals surface area contributed by atoms with Gasteiger partial charge in [0.1, 0.15) is 17.1 Å². The molecule has 2 aromatic carbocycles. The van der Waals surface area contributed by atoms with Gasteiger partial charge in [-0.3, -0.25) is 13.9 Å². The Morgan fingerprint density at radius 3 is 2.20 bits per heavy atom. The molecule has 3 aromatic heterocycles. The highest BCUT2D eigenvalue weighted by molar-refractivity contribution is 5.75. The maximum Gasteiger partial charge on any atom is 0.332 e. The van der Waals surface area contributed by atoms with E-state index in [1.54, 1.807) is 16.7 Å². The minimum absolute atomic E-state index is 0.152. The van der Waals surface area contributed by atoms with Crippen molar-refractivity contribution < 1.29 is 9.26 Å². The zero-order valence-corrected chi connectivity index (χ0v) is 25.0. The Hall–Kier alpha value is -4.47. The van der Waals surface area contributed by atoms with Crippen LogP contribution in [-0.4, -0.2) is 29.2 Å². The van der Waals surface area contributed by atoms with Gasteiger partial charge in [-0.15, -0.1) is 0 Å². The zero-order chi connectivity index (χ0) is 29.9. The van der Waals surface area contributed by atoms with Gasteiger partial charge in [-0.2, -0.15) is 4.98 Å². The highest BCUT2D eigenvalue weighted by Gasteiger charge is 2.17. The van der Waals surface area contributed by atoms with Crippen molar-refractivity contribution in [1.82, 2.24) is 29.2 Å². The number of H-pyrrole nitrogens is 1. The molecule has 0 fully saturated rings. The number of fused-ring (bicyclic) bond motifs is 1. The van der Waals surface area contributed by atoms with Crippen molar-refractivity contribution in [2.75, 3.05) is 0 Å². The van der Waals surface area contributed by atoms with Crippen LogP contribution in [-0.2, 0) is 19.7 Å². The molecule has 1 N–H and O–H groups in total. The van der Waals surface area contributed by atoms with Gasteiger partial charge in [0.2, 0.25) is 5.82 Å². The summed E-state index contributed by atoms with van der Waals surface area (Å²) in [5.41, 5.74) is 2.74. The van der Waals surface area contributed by atoms with Gasteiger partial charge in [-0.1, -0.05) is 64.9 Å². The first kappa shape index (κ1) is 31.1. The van der Waals surface area contributed by atoms with Crippen molar-refractivity contribution in [2.45, 2.75) is 81.0 Å². The third-order valence-corrected chi connectivity index (χ3v) is 6.09. The van der Waals surface area contributed by atoms with Gasteiger partial charge in [0.05, 0.1) is 0 Å². The Kier molecular flexibility index (Phi) is 11.2. The van der Waals surface area contributed by atoms with Crippen LogP contribution in [0.1, 0.15) is 65.8 Å². The average Bonchev–Trinajstić information content (AvgIpc) is 3.67. The fraction of sp³-hybridized carbons (Fsp3) is 0.387. The Balaban J connectivity index is 0.00000111. The van der Waals surface area contributed by atoms with Gasteiger partial charge in [-0.05, 0) is 55.7 Å². The molecule has 0 radical (unpaired) electrons. The standard InChI is InChI=1S/C27H28N6O4.2C2H6/c1-4-14-32-24-22(26(34)33(15-5-2)27(32)35)29-23(30-24)18-10-12-19(13-11-18)36-16-21-28-25(37-31-21)20-9-7-6-8-17(20)3;2*1-2/h6-13H,4-5,14-16H2,1-3H3,(H,29,30);2*1-2H3. The van der Waals surface area contributed by atoms with E-state index < -0.39 is 0 Å². The van der Waals surface area contributed by atoms with Crippen LogP contribution in [0.4, 0.5) is 0 Å². The lowest BCUT2D eigenvalue weighted by atomic mass is 10.1. The summed E-state index contributed by atoms with van der Waals surface area (Å²) < 4.78 is 14.1. The van der Waals surface area contributed by atoms with E-state index in [9.17, 15) is 9.59 Å². The molecule has 5 rings (SSSR count). The molecule has 3 heterocycles. The number of hydrogen-bond donors (Lipinski definition) is 1. The summed E-state index contributed by atoms with van der Waals surface area (Å²) in [6.45, 7) is 14.9. The summed E-state index contributed by atoms with van der Waals surface area (Å²) in [5.74, 6) is 2.03. The van der Waals surface area contributed by atoms with Crippen LogP contribution in [0, 0.1) is 6.92 Å². The summed E-state index contributed by atoms with van der Waals surface area (Å²) >= 11 is 0. The summed E-state index contributed by atoms with van der Waals surface area (Å²) in [4.78, 5) is 38.0. The molecule has 0 aliphatic carbocycles. The summed E-state index contributed by atoms with van der Waals surface area (Å²) in [5, 5.41) is 4.01. The Bertz CT molecular complexity index is 1660. The molecular weight excluding hydrogens is 520 g/mol. The van der Waals surface area contributed by atoms with E-state index in [2.05, 4.69) is 20.1 Å². The lowest BCUT2D eigenvalue weighted by Crippen LogP contribution is -2.40. The molecule has 0 aliphatic rings. The fourth-order valence-electron chi connectivity index (χ4n) is 4.24. The Morgan fingerprint density at radius 2 is 1.54 bits per heavy atom. The number of imidazole rings is 1.